The first-order valence-electron chi connectivity index (χ1n) is 8.37. The van der Waals surface area contributed by atoms with Gasteiger partial charge < -0.3 is 9.64 Å². The van der Waals surface area contributed by atoms with Crippen LogP contribution in [0, 0.1) is 0 Å². The summed E-state index contributed by atoms with van der Waals surface area (Å²) in [6.07, 6.45) is 0.489. The third-order valence-electron chi connectivity index (χ3n) is 4.85. The summed E-state index contributed by atoms with van der Waals surface area (Å²) in [7, 11) is 0. The summed E-state index contributed by atoms with van der Waals surface area (Å²) >= 11 is 0. The monoisotopic (exact) mass is 338 g/mol. The number of amides is 3. The van der Waals surface area contributed by atoms with E-state index in [1.807, 2.05) is 24.3 Å². The molecule has 128 valence electrons. The van der Waals surface area contributed by atoms with Gasteiger partial charge in [-0.2, -0.15) is 0 Å². The van der Waals surface area contributed by atoms with E-state index in [2.05, 4.69) is 18.2 Å². The maximum Gasteiger partial charge on any atom is 0.417 e. The molecule has 0 N–H and O–H groups in total. The fourth-order valence-corrected chi connectivity index (χ4v) is 3.45. The van der Waals surface area contributed by atoms with Crippen LogP contribution in [0.15, 0.2) is 42.5 Å². The Hall–Kier alpha value is -2.89. The normalized spacial score (nSPS) is 17.8. The lowest BCUT2D eigenvalue weighted by Crippen LogP contribution is -2.62. The van der Waals surface area contributed by atoms with Crippen molar-refractivity contribution in [2.45, 2.75) is 18.9 Å². The van der Waals surface area contributed by atoms with Crippen LogP contribution in [0.5, 0.6) is 0 Å². The molecule has 4 rings (SSSR count). The number of imide groups is 1. The molecule has 2 aliphatic rings. The Morgan fingerprint density at radius 2 is 1.84 bits per heavy atom. The number of fused-ring (bicyclic) bond motifs is 1. The van der Waals surface area contributed by atoms with Crippen LogP contribution in [0.1, 0.15) is 12.0 Å². The Kier molecular flexibility index (Phi) is 3.87. The van der Waals surface area contributed by atoms with Crippen molar-refractivity contribution in [3.63, 3.8) is 0 Å². The van der Waals surface area contributed by atoms with Crippen LogP contribution in [-0.2, 0) is 20.7 Å². The summed E-state index contributed by atoms with van der Waals surface area (Å²) in [5.41, 5.74) is 1.15. The van der Waals surface area contributed by atoms with E-state index in [4.69, 9.17) is 4.74 Å². The minimum atomic E-state index is -0.599. The number of ether oxygens (including phenoxy) is 1. The average molecular weight is 338 g/mol. The molecule has 6 heteroatoms. The molecule has 25 heavy (non-hydrogen) atoms. The first-order chi connectivity index (χ1) is 12.1. The van der Waals surface area contributed by atoms with Gasteiger partial charge in [-0.15, -0.1) is 0 Å². The highest BCUT2D eigenvalue weighted by molar-refractivity contribution is 5.98. The maximum absolute atomic E-state index is 12.4. The second-order valence-electron chi connectivity index (χ2n) is 6.41. The van der Waals surface area contributed by atoms with E-state index in [1.54, 1.807) is 4.90 Å². The smallest absolute Gasteiger partial charge is 0.417 e. The van der Waals surface area contributed by atoms with Crippen molar-refractivity contribution in [3.05, 3.63) is 48.0 Å². The molecule has 0 unspecified atom stereocenters. The molecule has 0 saturated carbocycles. The molecule has 0 aliphatic carbocycles. The molecule has 0 spiro atoms. The Morgan fingerprint density at radius 3 is 2.60 bits per heavy atom. The lowest BCUT2D eigenvalue weighted by molar-refractivity contribution is -0.142. The van der Waals surface area contributed by atoms with E-state index >= 15 is 0 Å². The number of aryl methyl sites for hydroxylation is 1. The topological polar surface area (TPSA) is 66.9 Å². The number of rotatable bonds is 4. The molecule has 2 aliphatic heterocycles. The summed E-state index contributed by atoms with van der Waals surface area (Å²) in [5.74, 6) is -0.276. The number of cyclic esters (lactones) is 1. The highest BCUT2D eigenvalue weighted by Gasteiger charge is 2.44. The lowest BCUT2D eigenvalue weighted by Gasteiger charge is -2.42. The molecular formula is C19H18N2O4. The third-order valence-corrected chi connectivity index (χ3v) is 4.85. The zero-order valence-corrected chi connectivity index (χ0v) is 13.7. The number of nitrogens with zero attached hydrogens (tertiary/aromatic N) is 2. The molecule has 2 saturated heterocycles. The van der Waals surface area contributed by atoms with Gasteiger partial charge in [-0.1, -0.05) is 42.5 Å². The largest absolute Gasteiger partial charge is 0.439 e. The van der Waals surface area contributed by atoms with Gasteiger partial charge in [-0.25, -0.2) is 9.69 Å². The first-order valence-corrected chi connectivity index (χ1v) is 8.37. The van der Waals surface area contributed by atoms with Crippen LogP contribution in [0.25, 0.3) is 10.8 Å². The summed E-state index contributed by atoms with van der Waals surface area (Å²) in [4.78, 5) is 38.3. The molecule has 2 fully saturated rings. The number of benzene rings is 2. The van der Waals surface area contributed by atoms with E-state index in [0.717, 1.165) is 10.5 Å². The standard InChI is InChI=1S/C19H18N2O4/c22-17(20-10-15(11-20)21-18(23)12-25-19(21)24)9-8-14-6-3-5-13-4-1-2-7-16(13)14/h1-7,15H,8-12H2. The summed E-state index contributed by atoms with van der Waals surface area (Å²) in [6.45, 7) is 0.606. The van der Waals surface area contributed by atoms with E-state index in [0.29, 0.717) is 25.9 Å². The van der Waals surface area contributed by atoms with Gasteiger partial charge in [0.05, 0.1) is 6.04 Å². The molecule has 3 amide bonds. The Balaban J connectivity index is 1.34. The summed E-state index contributed by atoms with van der Waals surface area (Å²) < 4.78 is 4.71. The quantitative estimate of drug-likeness (QED) is 0.855. The van der Waals surface area contributed by atoms with Crippen LogP contribution < -0.4 is 0 Å². The minimum Gasteiger partial charge on any atom is -0.439 e. The molecule has 0 radical (unpaired) electrons. The van der Waals surface area contributed by atoms with Crippen LogP contribution in [-0.4, -0.2) is 53.4 Å². The van der Waals surface area contributed by atoms with Gasteiger partial charge in [-0.3, -0.25) is 9.59 Å². The first kappa shape index (κ1) is 15.6. The maximum atomic E-state index is 12.4. The molecule has 0 atom stereocenters. The van der Waals surface area contributed by atoms with Crippen molar-refractivity contribution >= 4 is 28.7 Å². The van der Waals surface area contributed by atoms with Gasteiger partial charge >= 0.3 is 6.09 Å². The molecule has 0 bridgehead atoms. The molecule has 2 heterocycles. The van der Waals surface area contributed by atoms with Gasteiger partial charge in [-0.05, 0) is 22.8 Å². The zero-order valence-electron chi connectivity index (χ0n) is 13.7. The van der Waals surface area contributed by atoms with Crippen molar-refractivity contribution in [1.29, 1.82) is 0 Å². The molecule has 6 nitrogen and oxygen atoms in total. The second-order valence-corrected chi connectivity index (χ2v) is 6.41. The average Bonchev–Trinajstić information content (AvgIpc) is 2.91. The zero-order chi connectivity index (χ0) is 17.4. The number of likely N-dealkylation sites (tertiary alicyclic amines) is 1. The fourth-order valence-electron chi connectivity index (χ4n) is 3.45. The van der Waals surface area contributed by atoms with Crippen molar-refractivity contribution < 1.29 is 19.1 Å². The predicted octanol–water partition coefficient (Wildman–Crippen LogP) is 1.96. The summed E-state index contributed by atoms with van der Waals surface area (Å²) in [6, 6.07) is 14.0. The number of hydrogen-bond acceptors (Lipinski definition) is 4. The minimum absolute atomic E-state index is 0.0456. The van der Waals surface area contributed by atoms with Crippen molar-refractivity contribution in [2.24, 2.45) is 0 Å². The predicted molar refractivity (Wildman–Crippen MR) is 90.8 cm³/mol. The van der Waals surface area contributed by atoms with Crippen LogP contribution in [0.3, 0.4) is 0 Å². The Labute approximate surface area is 145 Å². The van der Waals surface area contributed by atoms with Crippen LogP contribution in [0.4, 0.5) is 4.79 Å². The summed E-state index contributed by atoms with van der Waals surface area (Å²) in [5, 5.41) is 2.34. The highest BCUT2D eigenvalue weighted by Crippen LogP contribution is 2.23. The van der Waals surface area contributed by atoms with Crippen molar-refractivity contribution in [3.8, 4) is 0 Å². The van der Waals surface area contributed by atoms with Gasteiger partial charge in [0, 0.05) is 19.5 Å². The van der Waals surface area contributed by atoms with Crippen molar-refractivity contribution in [1.82, 2.24) is 9.80 Å². The lowest BCUT2D eigenvalue weighted by atomic mass is 9.99. The van der Waals surface area contributed by atoms with Crippen LogP contribution in [0.2, 0.25) is 0 Å². The van der Waals surface area contributed by atoms with Gasteiger partial charge in [0.1, 0.15) is 0 Å². The number of carbonyl (C=O) groups excluding carboxylic acids is 3. The SMILES string of the molecule is O=C(CCc1cccc2ccccc12)N1CC(N2C(=O)COC2=O)C1. The van der Waals surface area contributed by atoms with Crippen LogP contribution >= 0.6 is 0 Å². The van der Waals surface area contributed by atoms with E-state index < -0.39 is 6.09 Å². The van der Waals surface area contributed by atoms with Gasteiger partial charge in [0.25, 0.3) is 5.91 Å². The van der Waals surface area contributed by atoms with Gasteiger partial charge in [0.15, 0.2) is 6.61 Å². The molecule has 2 aromatic carbocycles. The molecule has 0 aromatic heterocycles. The van der Waals surface area contributed by atoms with E-state index in [9.17, 15) is 14.4 Å². The van der Waals surface area contributed by atoms with E-state index in [-0.39, 0.29) is 24.5 Å². The van der Waals surface area contributed by atoms with E-state index in [1.165, 1.54) is 10.8 Å². The Bertz CT molecular complexity index is 836. The molecular weight excluding hydrogens is 320 g/mol. The molecule has 2 aromatic rings. The second kappa shape index (κ2) is 6.20. The third kappa shape index (κ3) is 2.84. The van der Waals surface area contributed by atoms with Gasteiger partial charge in [0.2, 0.25) is 5.91 Å². The fraction of sp³-hybridized carbons (Fsp3) is 0.316. The number of carbonyl (C=O) groups is 3. The van der Waals surface area contributed by atoms with Crippen molar-refractivity contribution in [2.75, 3.05) is 19.7 Å². The highest BCUT2D eigenvalue weighted by atomic mass is 16.6. The number of hydrogen-bond donors (Lipinski definition) is 0. The Morgan fingerprint density at radius 1 is 1.08 bits per heavy atom.